The molecule has 0 saturated heterocycles. The van der Waals surface area contributed by atoms with Crippen molar-refractivity contribution in [2.24, 2.45) is 0 Å². The minimum Gasteiger partial charge on any atom is -0.347 e. The van der Waals surface area contributed by atoms with E-state index in [-0.39, 0.29) is 24.7 Å². The highest BCUT2D eigenvalue weighted by Gasteiger charge is 2.18. The molecule has 2 bridgehead atoms. The van der Waals surface area contributed by atoms with Crippen molar-refractivity contribution in [2.75, 3.05) is 5.32 Å². The van der Waals surface area contributed by atoms with Crippen LogP contribution < -0.4 is 10.6 Å². The van der Waals surface area contributed by atoms with Crippen LogP contribution in [0, 0.1) is 5.82 Å². The van der Waals surface area contributed by atoms with Crippen molar-refractivity contribution in [3.8, 4) is 16.8 Å². The number of anilines is 1. The number of pyridine rings is 1. The first kappa shape index (κ1) is 26.2. The Morgan fingerprint density at radius 3 is 2.90 bits per heavy atom. The van der Waals surface area contributed by atoms with Gasteiger partial charge in [-0.3, -0.25) is 14.6 Å². The van der Waals surface area contributed by atoms with Crippen LogP contribution in [0.5, 0.6) is 0 Å². The van der Waals surface area contributed by atoms with Crippen molar-refractivity contribution in [1.82, 2.24) is 30.5 Å². The SMILES string of the molecule is O=C1CCC=CCC(NC(=O)CCc2cc(Cl)ccc2-n2cnnn2)c2cc(ccn2)-c2ccc(F)cc2N1. The molecule has 1 aliphatic heterocycles. The minimum absolute atomic E-state index is 0.160. The molecule has 0 spiro atoms. The Morgan fingerprint density at radius 1 is 1.15 bits per heavy atom. The number of rotatable bonds is 5. The average molecular weight is 546 g/mol. The van der Waals surface area contributed by atoms with Gasteiger partial charge in [-0.25, -0.2) is 9.07 Å². The molecule has 0 radical (unpaired) electrons. The van der Waals surface area contributed by atoms with Crippen LogP contribution in [0.3, 0.4) is 0 Å². The molecular formula is C28H25ClFN7O2. The topological polar surface area (TPSA) is 115 Å². The Labute approximate surface area is 229 Å². The zero-order chi connectivity index (χ0) is 27.2. The number of aryl methyl sites for hydroxylation is 1. The number of hydrogen-bond donors (Lipinski definition) is 2. The van der Waals surface area contributed by atoms with Gasteiger partial charge in [-0.15, -0.1) is 5.10 Å². The van der Waals surface area contributed by atoms with Gasteiger partial charge in [0.2, 0.25) is 11.8 Å². The van der Waals surface area contributed by atoms with Crippen LogP contribution in [0.4, 0.5) is 10.1 Å². The number of nitrogens with one attached hydrogen (secondary N) is 2. The third-order valence-corrected chi connectivity index (χ3v) is 6.61. The van der Waals surface area contributed by atoms with Crippen LogP contribution in [0.2, 0.25) is 5.02 Å². The first-order chi connectivity index (χ1) is 19.0. The fourth-order valence-electron chi connectivity index (χ4n) is 4.47. The van der Waals surface area contributed by atoms with Gasteiger partial charge in [0.25, 0.3) is 0 Å². The zero-order valence-corrected chi connectivity index (χ0v) is 21.6. The number of amides is 2. The van der Waals surface area contributed by atoms with E-state index < -0.39 is 11.9 Å². The normalized spacial score (nSPS) is 15.3. The van der Waals surface area contributed by atoms with Gasteiger partial charge >= 0.3 is 0 Å². The molecule has 3 heterocycles. The molecule has 5 rings (SSSR count). The molecule has 4 aromatic rings. The molecule has 11 heteroatoms. The number of halogens is 2. The van der Waals surface area contributed by atoms with E-state index in [0.717, 1.165) is 16.8 Å². The highest BCUT2D eigenvalue weighted by Crippen LogP contribution is 2.31. The highest BCUT2D eigenvalue weighted by molar-refractivity contribution is 6.30. The Bertz CT molecular complexity index is 1520. The number of nitrogens with zero attached hydrogens (tertiary/aromatic N) is 5. The molecule has 0 saturated carbocycles. The highest BCUT2D eigenvalue weighted by atomic mass is 35.5. The maximum absolute atomic E-state index is 14.0. The van der Waals surface area contributed by atoms with E-state index in [2.05, 4.69) is 31.1 Å². The lowest BCUT2D eigenvalue weighted by atomic mass is 10.0. The number of hydrogen-bond acceptors (Lipinski definition) is 6. The van der Waals surface area contributed by atoms with E-state index in [4.69, 9.17) is 11.6 Å². The molecule has 9 nitrogen and oxygen atoms in total. The summed E-state index contributed by atoms with van der Waals surface area (Å²) < 4.78 is 15.5. The van der Waals surface area contributed by atoms with E-state index in [1.165, 1.54) is 23.1 Å². The van der Waals surface area contributed by atoms with E-state index in [0.29, 0.717) is 41.2 Å². The third kappa shape index (κ3) is 6.53. The van der Waals surface area contributed by atoms with Crippen LogP contribution in [-0.4, -0.2) is 37.0 Å². The van der Waals surface area contributed by atoms with Gasteiger partial charge < -0.3 is 10.6 Å². The number of carbonyl (C=O) groups is 2. The summed E-state index contributed by atoms with van der Waals surface area (Å²) in [4.78, 5) is 30.1. The predicted molar refractivity (Wildman–Crippen MR) is 145 cm³/mol. The lowest BCUT2D eigenvalue weighted by molar-refractivity contribution is -0.121. The van der Waals surface area contributed by atoms with Crippen molar-refractivity contribution in [2.45, 2.75) is 38.1 Å². The summed E-state index contributed by atoms with van der Waals surface area (Å²) in [5, 5.41) is 17.8. The molecule has 39 heavy (non-hydrogen) atoms. The minimum atomic E-state index is -0.444. The van der Waals surface area contributed by atoms with Crippen molar-refractivity contribution >= 4 is 29.1 Å². The van der Waals surface area contributed by atoms with E-state index in [1.54, 1.807) is 30.5 Å². The first-order valence-corrected chi connectivity index (χ1v) is 12.9. The quantitative estimate of drug-likeness (QED) is 0.342. The Kier molecular flexibility index (Phi) is 8.02. The molecule has 198 valence electrons. The van der Waals surface area contributed by atoms with Gasteiger partial charge in [0, 0.05) is 29.6 Å². The van der Waals surface area contributed by atoms with Crippen LogP contribution in [-0.2, 0) is 16.0 Å². The summed E-state index contributed by atoms with van der Waals surface area (Å²) in [7, 11) is 0. The summed E-state index contributed by atoms with van der Waals surface area (Å²) in [5.41, 5.74) is 4.05. The van der Waals surface area contributed by atoms with Gasteiger partial charge in [-0.2, -0.15) is 0 Å². The van der Waals surface area contributed by atoms with E-state index in [1.807, 2.05) is 24.3 Å². The third-order valence-electron chi connectivity index (χ3n) is 6.38. The molecule has 1 atom stereocenters. The molecule has 1 aliphatic rings. The number of tetrazole rings is 1. The van der Waals surface area contributed by atoms with Gasteiger partial charge in [0.1, 0.15) is 12.1 Å². The summed E-state index contributed by atoms with van der Waals surface area (Å²) in [6.45, 7) is 0. The van der Waals surface area contributed by atoms with Crippen LogP contribution in [0.25, 0.3) is 16.8 Å². The number of carbonyl (C=O) groups excluding carboxylic acids is 2. The second-order valence-corrected chi connectivity index (χ2v) is 9.54. The monoisotopic (exact) mass is 545 g/mol. The van der Waals surface area contributed by atoms with Crippen LogP contribution in [0.1, 0.15) is 43.0 Å². The molecule has 2 N–H and O–H groups in total. The lowest BCUT2D eigenvalue weighted by Crippen LogP contribution is -2.29. The Morgan fingerprint density at radius 2 is 2.05 bits per heavy atom. The van der Waals surface area contributed by atoms with Crippen molar-refractivity contribution in [3.63, 3.8) is 0 Å². The van der Waals surface area contributed by atoms with Gasteiger partial charge in [-0.1, -0.05) is 23.8 Å². The Hall–Kier alpha value is -4.44. The summed E-state index contributed by atoms with van der Waals surface area (Å²) in [6.07, 6.45) is 8.85. The number of benzene rings is 2. The van der Waals surface area contributed by atoms with Crippen molar-refractivity contribution in [1.29, 1.82) is 0 Å². The van der Waals surface area contributed by atoms with Crippen LogP contribution >= 0.6 is 11.6 Å². The van der Waals surface area contributed by atoms with Crippen molar-refractivity contribution < 1.29 is 14.0 Å². The lowest BCUT2D eigenvalue weighted by Gasteiger charge is -2.19. The van der Waals surface area contributed by atoms with Gasteiger partial charge in [0.05, 0.1) is 23.1 Å². The van der Waals surface area contributed by atoms with E-state index >= 15 is 0 Å². The standard InChI is InChI=1S/C28H25ClFN7O2/c29-20-7-10-26(37-17-32-35-36-37)19(14-20)6-11-28(39)33-23-4-2-1-3-5-27(38)34-24-16-21(30)8-9-22(24)18-12-13-31-25(23)15-18/h1-2,7-10,12-17,23H,3-6,11H2,(H,33,39)(H,34,38). The molecular weight excluding hydrogens is 521 g/mol. The molecule has 0 fully saturated rings. The second kappa shape index (κ2) is 12.0. The fraction of sp³-hybridized carbons (Fsp3) is 0.214. The molecule has 2 aromatic carbocycles. The summed E-state index contributed by atoms with van der Waals surface area (Å²) in [6, 6.07) is 12.9. The fourth-order valence-corrected chi connectivity index (χ4v) is 4.67. The summed E-state index contributed by atoms with van der Waals surface area (Å²) >= 11 is 6.22. The molecule has 2 aromatic heterocycles. The number of fused-ring (bicyclic) bond motifs is 4. The van der Waals surface area contributed by atoms with E-state index in [9.17, 15) is 14.0 Å². The maximum atomic E-state index is 14.0. The molecule has 0 aliphatic carbocycles. The maximum Gasteiger partial charge on any atom is 0.224 e. The largest absolute Gasteiger partial charge is 0.347 e. The Balaban J connectivity index is 1.38. The molecule has 2 amide bonds. The zero-order valence-electron chi connectivity index (χ0n) is 20.8. The van der Waals surface area contributed by atoms with Crippen LogP contribution in [0.15, 0.2) is 73.2 Å². The van der Waals surface area contributed by atoms with Gasteiger partial charge in [0.15, 0.2) is 0 Å². The summed E-state index contributed by atoms with van der Waals surface area (Å²) in [5.74, 6) is -0.806. The number of allylic oxidation sites excluding steroid dienone is 1. The number of aromatic nitrogens is 5. The second-order valence-electron chi connectivity index (χ2n) is 9.10. The average Bonchev–Trinajstić information content (AvgIpc) is 3.46. The smallest absolute Gasteiger partial charge is 0.224 e. The first-order valence-electron chi connectivity index (χ1n) is 12.5. The predicted octanol–water partition coefficient (Wildman–Crippen LogP) is 4.99. The van der Waals surface area contributed by atoms with Crippen molar-refractivity contribution in [3.05, 3.63) is 95.3 Å². The van der Waals surface area contributed by atoms with Gasteiger partial charge in [-0.05, 0) is 89.3 Å². The molecule has 1 unspecified atom stereocenters.